The van der Waals surface area contributed by atoms with Crippen LogP contribution in [0, 0.1) is 5.92 Å². The molecule has 0 radical (unpaired) electrons. The molecule has 7 heteroatoms. The van der Waals surface area contributed by atoms with E-state index in [2.05, 4.69) is 40.7 Å². The first-order chi connectivity index (χ1) is 15.1. The monoisotopic (exact) mass is 422 g/mol. The molecule has 7 nitrogen and oxygen atoms in total. The molecule has 2 N–H and O–H groups in total. The van der Waals surface area contributed by atoms with Crippen molar-refractivity contribution in [1.29, 1.82) is 0 Å². The molecule has 0 saturated carbocycles. The van der Waals surface area contributed by atoms with Crippen molar-refractivity contribution in [3.05, 3.63) is 59.7 Å². The molecule has 31 heavy (non-hydrogen) atoms. The number of nitrogens with zero attached hydrogens (tertiary/aromatic N) is 2. The van der Waals surface area contributed by atoms with Crippen molar-refractivity contribution in [2.45, 2.75) is 32.9 Å². The average molecular weight is 423 g/mol. The number of rotatable bonds is 6. The van der Waals surface area contributed by atoms with Gasteiger partial charge in [0.1, 0.15) is 6.61 Å². The van der Waals surface area contributed by atoms with Crippen LogP contribution in [0.2, 0.25) is 0 Å². The molecule has 2 heterocycles. The van der Waals surface area contributed by atoms with Gasteiger partial charge in [0.25, 0.3) is 0 Å². The van der Waals surface area contributed by atoms with Gasteiger partial charge >= 0.3 is 12.1 Å². The van der Waals surface area contributed by atoms with E-state index in [1.54, 1.807) is 23.1 Å². The molecule has 2 fully saturated rings. The van der Waals surface area contributed by atoms with Gasteiger partial charge in [-0.1, -0.05) is 37.3 Å². The topological polar surface area (TPSA) is 73.9 Å². The molecule has 3 amide bonds. The summed E-state index contributed by atoms with van der Waals surface area (Å²) in [6.45, 7) is 6.94. The third-order valence-electron chi connectivity index (χ3n) is 5.90. The van der Waals surface area contributed by atoms with E-state index < -0.39 is 0 Å². The highest BCUT2D eigenvalue weighted by Crippen LogP contribution is 2.22. The Kier molecular flexibility index (Phi) is 6.72. The lowest BCUT2D eigenvalue weighted by Gasteiger charge is -2.30. The molecule has 0 unspecified atom stereocenters. The molecule has 2 aromatic carbocycles. The zero-order valence-corrected chi connectivity index (χ0v) is 18.0. The van der Waals surface area contributed by atoms with Gasteiger partial charge in [0, 0.05) is 24.5 Å². The van der Waals surface area contributed by atoms with Crippen molar-refractivity contribution in [3.63, 3.8) is 0 Å². The number of cyclic esters (lactones) is 1. The number of carbonyl (C=O) groups excluding carboxylic acids is 2. The molecule has 2 aliphatic rings. The van der Waals surface area contributed by atoms with E-state index in [1.807, 2.05) is 12.1 Å². The smallest absolute Gasteiger partial charge is 0.414 e. The van der Waals surface area contributed by atoms with Crippen molar-refractivity contribution < 1.29 is 14.3 Å². The summed E-state index contributed by atoms with van der Waals surface area (Å²) in [6.07, 6.45) is 2.17. The fourth-order valence-corrected chi connectivity index (χ4v) is 4.05. The standard InChI is InChI=1S/C24H30N4O3/c1-18-8-10-27(11-9-18)17-20-5-2-4-19(14-20)16-25-23(29)26-21-6-3-7-22(15-21)28-12-13-31-24(28)30/h2-7,14-15,18H,8-13,16-17H2,1H3,(H2,25,26,29). The predicted molar refractivity (Wildman–Crippen MR) is 121 cm³/mol. The summed E-state index contributed by atoms with van der Waals surface area (Å²) >= 11 is 0. The van der Waals surface area contributed by atoms with Crippen LogP contribution in [0.1, 0.15) is 30.9 Å². The largest absolute Gasteiger partial charge is 0.447 e. The van der Waals surface area contributed by atoms with Gasteiger partial charge in [-0.25, -0.2) is 9.59 Å². The Bertz CT molecular complexity index is 925. The van der Waals surface area contributed by atoms with E-state index in [1.165, 1.54) is 18.4 Å². The van der Waals surface area contributed by atoms with Gasteiger partial charge in [-0.05, 0) is 61.2 Å². The van der Waals surface area contributed by atoms with Crippen molar-refractivity contribution in [1.82, 2.24) is 10.2 Å². The SMILES string of the molecule is CC1CCN(Cc2cccc(CNC(=O)Nc3cccc(N4CCOC4=O)c3)c2)CC1. The van der Waals surface area contributed by atoms with Crippen LogP contribution in [-0.2, 0) is 17.8 Å². The number of nitrogens with one attached hydrogen (secondary N) is 2. The van der Waals surface area contributed by atoms with Crippen LogP contribution in [0.15, 0.2) is 48.5 Å². The minimum Gasteiger partial charge on any atom is -0.447 e. The van der Waals surface area contributed by atoms with Gasteiger partial charge in [0.15, 0.2) is 0 Å². The van der Waals surface area contributed by atoms with E-state index in [4.69, 9.17) is 4.74 Å². The van der Waals surface area contributed by atoms with Gasteiger partial charge in [-0.2, -0.15) is 0 Å². The molecule has 164 valence electrons. The quantitative estimate of drug-likeness (QED) is 0.732. The summed E-state index contributed by atoms with van der Waals surface area (Å²) < 4.78 is 4.97. The number of piperidine rings is 1. The zero-order valence-electron chi connectivity index (χ0n) is 18.0. The lowest BCUT2D eigenvalue weighted by atomic mass is 9.98. The maximum absolute atomic E-state index is 12.4. The van der Waals surface area contributed by atoms with Crippen LogP contribution in [0.5, 0.6) is 0 Å². The van der Waals surface area contributed by atoms with E-state index >= 15 is 0 Å². The second-order valence-electron chi connectivity index (χ2n) is 8.40. The predicted octanol–water partition coefficient (Wildman–Crippen LogP) is 4.20. The first-order valence-electron chi connectivity index (χ1n) is 11.0. The summed E-state index contributed by atoms with van der Waals surface area (Å²) in [5.74, 6) is 0.829. The highest BCUT2D eigenvalue weighted by Gasteiger charge is 2.23. The number of likely N-dealkylation sites (tertiary alicyclic amines) is 1. The number of carbonyl (C=O) groups is 2. The van der Waals surface area contributed by atoms with Gasteiger partial charge < -0.3 is 15.4 Å². The average Bonchev–Trinajstić information content (AvgIpc) is 3.20. The summed E-state index contributed by atoms with van der Waals surface area (Å²) in [5.41, 5.74) is 3.69. The number of urea groups is 1. The summed E-state index contributed by atoms with van der Waals surface area (Å²) in [4.78, 5) is 28.2. The van der Waals surface area contributed by atoms with Crippen LogP contribution in [0.3, 0.4) is 0 Å². The molecule has 2 aliphatic heterocycles. The lowest BCUT2D eigenvalue weighted by Crippen LogP contribution is -2.32. The maximum atomic E-state index is 12.4. The summed E-state index contributed by atoms with van der Waals surface area (Å²) in [7, 11) is 0. The normalized spacial score (nSPS) is 17.5. The van der Waals surface area contributed by atoms with E-state index in [0.29, 0.717) is 31.1 Å². The van der Waals surface area contributed by atoms with Crippen molar-refractivity contribution in [3.8, 4) is 0 Å². The Morgan fingerprint density at radius 2 is 1.84 bits per heavy atom. The van der Waals surface area contributed by atoms with Gasteiger partial charge in [0.05, 0.1) is 6.54 Å². The Hall–Kier alpha value is -3.06. The van der Waals surface area contributed by atoms with E-state index in [-0.39, 0.29) is 12.1 Å². The van der Waals surface area contributed by atoms with E-state index in [0.717, 1.165) is 31.1 Å². The van der Waals surface area contributed by atoms with Crippen LogP contribution < -0.4 is 15.5 Å². The molecule has 0 aliphatic carbocycles. The van der Waals surface area contributed by atoms with Crippen LogP contribution >= 0.6 is 0 Å². The molecular formula is C24H30N4O3. The molecule has 4 rings (SSSR count). The Balaban J connectivity index is 1.28. The van der Waals surface area contributed by atoms with Crippen molar-refractivity contribution in [2.75, 3.05) is 36.5 Å². The maximum Gasteiger partial charge on any atom is 0.414 e. The summed E-state index contributed by atoms with van der Waals surface area (Å²) in [6, 6.07) is 15.3. The highest BCUT2D eigenvalue weighted by molar-refractivity contribution is 5.93. The number of ether oxygens (including phenoxy) is 1. The van der Waals surface area contributed by atoms with Gasteiger partial charge in [0.2, 0.25) is 0 Å². The Morgan fingerprint density at radius 1 is 1.06 bits per heavy atom. The second-order valence-corrected chi connectivity index (χ2v) is 8.40. The van der Waals surface area contributed by atoms with Crippen LogP contribution in [0.4, 0.5) is 21.0 Å². The second kappa shape index (κ2) is 9.83. The highest BCUT2D eigenvalue weighted by atomic mass is 16.6. The number of amides is 3. The van der Waals surface area contributed by atoms with Gasteiger partial charge in [-0.15, -0.1) is 0 Å². The molecule has 2 saturated heterocycles. The Morgan fingerprint density at radius 3 is 2.61 bits per heavy atom. The van der Waals surface area contributed by atoms with Crippen molar-refractivity contribution in [2.24, 2.45) is 5.92 Å². The molecule has 0 spiro atoms. The van der Waals surface area contributed by atoms with Crippen LogP contribution in [-0.4, -0.2) is 43.3 Å². The fourth-order valence-electron chi connectivity index (χ4n) is 4.05. The van der Waals surface area contributed by atoms with Crippen molar-refractivity contribution >= 4 is 23.5 Å². The first kappa shape index (κ1) is 21.2. The number of hydrogen-bond donors (Lipinski definition) is 2. The molecule has 0 bridgehead atoms. The fraction of sp³-hybridized carbons (Fsp3) is 0.417. The van der Waals surface area contributed by atoms with Gasteiger partial charge in [-0.3, -0.25) is 9.80 Å². The van der Waals surface area contributed by atoms with Crippen LogP contribution in [0.25, 0.3) is 0 Å². The molecule has 2 aromatic rings. The number of hydrogen-bond acceptors (Lipinski definition) is 4. The summed E-state index contributed by atoms with van der Waals surface area (Å²) in [5, 5.41) is 5.75. The minimum atomic E-state index is -0.361. The minimum absolute atomic E-state index is 0.281. The lowest BCUT2D eigenvalue weighted by molar-refractivity contribution is 0.181. The third-order valence-corrected chi connectivity index (χ3v) is 5.90. The third kappa shape index (κ3) is 5.76. The first-order valence-corrected chi connectivity index (χ1v) is 11.0. The Labute approximate surface area is 183 Å². The number of benzene rings is 2. The van der Waals surface area contributed by atoms with E-state index in [9.17, 15) is 9.59 Å². The zero-order chi connectivity index (χ0) is 21.6. The number of anilines is 2. The molecular weight excluding hydrogens is 392 g/mol. The molecule has 0 aromatic heterocycles. The molecule has 0 atom stereocenters.